The van der Waals surface area contributed by atoms with Crippen molar-refractivity contribution >= 4 is 34.5 Å². The van der Waals surface area contributed by atoms with Gasteiger partial charge in [-0.15, -0.1) is 0 Å². The lowest BCUT2D eigenvalue weighted by atomic mass is 9.52. The zero-order valence-corrected chi connectivity index (χ0v) is 34.9. The molecular formula is C46H58N4O8. The van der Waals surface area contributed by atoms with E-state index in [1.807, 2.05) is 24.1 Å². The van der Waals surface area contributed by atoms with Gasteiger partial charge in [0.2, 0.25) is 5.60 Å². The van der Waals surface area contributed by atoms with E-state index in [0.29, 0.717) is 49.6 Å². The molecule has 0 radical (unpaired) electrons. The van der Waals surface area contributed by atoms with Gasteiger partial charge in [0.1, 0.15) is 11.2 Å². The lowest BCUT2D eigenvalue weighted by Gasteiger charge is -2.59. The molecule has 10 atom stereocenters. The smallest absolute Gasteiger partial charge is 0.344 e. The molecule has 1 aliphatic carbocycles. The highest BCUT2D eigenvalue weighted by Gasteiger charge is 2.77. The van der Waals surface area contributed by atoms with E-state index in [9.17, 15) is 14.7 Å². The van der Waals surface area contributed by atoms with Gasteiger partial charge in [-0.25, -0.2) is 4.79 Å². The minimum atomic E-state index is -2.24. The van der Waals surface area contributed by atoms with Crippen LogP contribution in [0.3, 0.4) is 0 Å². The van der Waals surface area contributed by atoms with E-state index in [2.05, 4.69) is 59.0 Å². The number of aromatic amines is 1. The predicted molar refractivity (Wildman–Crippen MR) is 219 cm³/mol. The Morgan fingerprint density at radius 1 is 1.00 bits per heavy atom. The van der Waals surface area contributed by atoms with Crippen molar-refractivity contribution in [2.75, 3.05) is 66.0 Å². The average Bonchev–Trinajstić information content (AvgIpc) is 3.89. The topological polar surface area (TPSA) is 134 Å². The van der Waals surface area contributed by atoms with Gasteiger partial charge < -0.3 is 38.8 Å². The summed E-state index contributed by atoms with van der Waals surface area (Å²) in [4.78, 5) is 53.4. The summed E-state index contributed by atoms with van der Waals surface area (Å²) in [7, 11) is 6.29. The molecule has 1 spiro atoms. The number of para-hydroxylation sites is 1. The summed E-state index contributed by atoms with van der Waals surface area (Å²) in [5.41, 5.74) is 2.02. The Hall–Kier alpha value is -4.39. The van der Waals surface area contributed by atoms with Crippen LogP contribution in [-0.2, 0) is 45.8 Å². The number of piperidine rings is 1. The number of rotatable bonds is 7. The zero-order chi connectivity index (χ0) is 40.9. The fourth-order valence-corrected chi connectivity index (χ4v) is 13.2. The number of aliphatic hydroxyl groups is 1. The molecule has 0 amide bonds. The van der Waals surface area contributed by atoms with Gasteiger partial charge in [-0.05, 0) is 73.7 Å². The summed E-state index contributed by atoms with van der Waals surface area (Å²) in [6.07, 6.45) is 5.59. The maximum absolute atomic E-state index is 15.3. The number of ether oxygens (including phenoxy) is 4. The number of likely N-dealkylation sites (N-methyl/N-ethyl adjacent to an activating group) is 1. The minimum absolute atomic E-state index is 0.187. The average molecular weight is 795 g/mol. The highest BCUT2D eigenvalue weighted by molar-refractivity contribution is 5.95. The Bertz CT molecular complexity index is 2200. The molecule has 2 saturated heterocycles. The van der Waals surface area contributed by atoms with E-state index in [4.69, 9.17) is 18.9 Å². The van der Waals surface area contributed by atoms with E-state index in [0.717, 1.165) is 77.9 Å². The number of methoxy groups -OCH3 is 3. The Kier molecular flexibility index (Phi) is 9.52. The normalized spacial score (nSPS) is 35.0. The standard InChI is InChI=1S/C46H58N4O8/c1-8-27-20-28-23-45(42(52)56-6,38-31(15-17-49(24-27)25-28)30-12-10-11-13-34(30)47-38)33-21-32-35(22-36(33)55-5)48(4)41-44(32)16-19-50-18-14-29(9-2)37(39(44)50)40(58-26(3)51)46(41,54)43(53)57-7/h10-14,21-22,27-28,37,39-41,47,54H,8-9,15-20,23-25H2,1-7H3/t27-,28+,37-,39-,40+,41-,44+,45+,46-/m0/s1. The van der Waals surface area contributed by atoms with Gasteiger partial charge in [-0.2, -0.15) is 0 Å². The molecule has 2 bridgehead atoms. The third-order valence-electron chi connectivity index (χ3n) is 15.3. The number of nitrogens with one attached hydrogen (secondary N) is 1. The molecule has 9 rings (SSSR count). The number of carbonyl (C=O) groups excluding carboxylic acids is 3. The first-order valence-electron chi connectivity index (χ1n) is 21.2. The number of hydrogen-bond donors (Lipinski definition) is 2. The molecule has 2 N–H and O–H groups in total. The van der Waals surface area contributed by atoms with Gasteiger partial charge in [-0.1, -0.05) is 50.1 Å². The number of esters is 3. The monoisotopic (exact) mass is 794 g/mol. The quantitative estimate of drug-likeness (QED) is 0.193. The van der Waals surface area contributed by atoms with Gasteiger partial charge in [0.25, 0.3) is 0 Å². The molecular weight excluding hydrogens is 737 g/mol. The van der Waals surface area contributed by atoms with Crippen molar-refractivity contribution < 1.29 is 38.4 Å². The molecule has 58 heavy (non-hydrogen) atoms. The lowest BCUT2D eigenvalue weighted by molar-refractivity contribution is -0.212. The first kappa shape index (κ1) is 39.1. The van der Waals surface area contributed by atoms with E-state index in [-0.39, 0.29) is 17.9 Å². The summed E-state index contributed by atoms with van der Waals surface area (Å²) in [6.45, 7) is 9.87. The Morgan fingerprint density at radius 3 is 2.48 bits per heavy atom. The molecule has 3 aromatic rings. The van der Waals surface area contributed by atoms with Crippen LogP contribution in [0.25, 0.3) is 10.9 Å². The van der Waals surface area contributed by atoms with Gasteiger partial charge >= 0.3 is 17.9 Å². The van der Waals surface area contributed by atoms with Crippen LogP contribution < -0.4 is 9.64 Å². The summed E-state index contributed by atoms with van der Waals surface area (Å²) < 4.78 is 24.0. The molecule has 3 fully saturated rings. The van der Waals surface area contributed by atoms with Gasteiger partial charge in [0, 0.05) is 91.4 Å². The van der Waals surface area contributed by atoms with E-state index < -0.39 is 46.4 Å². The molecule has 310 valence electrons. The zero-order valence-electron chi connectivity index (χ0n) is 34.9. The maximum atomic E-state index is 15.3. The van der Waals surface area contributed by atoms with Crippen molar-refractivity contribution in [1.82, 2.24) is 14.8 Å². The van der Waals surface area contributed by atoms with Crippen molar-refractivity contribution in [1.29, 1.82) is 0 Å². The number of carbonyl (C=O) groups is 3. The van der Waals surface area contributed by atoms with Gasteiger partial charge in [0.15, 0.2) is 6.10 Å². The van der Waals surface area contributed by atoms with Crippen LogP contribution in [0.4, 0.5) is 5.69 Å². The van der Waals surface area contributed by atoms with E-state index in [1.54, 1.807) is 7.11 Å². The third kappa shape index (κ3) is 5.19. The van der Waals surface area contributed by atoms with E-state index in [1.165, 1.54) is 21.1 Å². The van der Waals surface area contributed by atoms with Crippen LogP contribution in [-0.4, -0.2) is 123 Å². The number of anilines is 1. The maximum Gasteiger partial charge on any atom is 0.344 e. The van der Waals surface area contributed by atoms with Crippen LogP contribution in [0, 0.1) is 17.8 Å². The van der Waals surface area contributed by atoms with Crippen LogP contribution in [0.2, 0.25) is 0 Å². The summed E-state index contributed by atoms with van der Waals surface area (Å²) in [5, 5.41) is 14.3. The van der Waals surface area contributed by atoms with Gasteiger partial charge in [-0.3, -0.25) is 14.5 Å². The molecule has 1 aromatic heterocycles. The third-order valence-corrected chi connectivity index (χ3v) is 15.3. The SMILES string of the molecule is CCC1=CCN2CC[C@]34c5cc([C@]6(C(=O)OC)C[C@H]7C[C@H](CC)CN(CCc8c6[nH]c6ccccc86)C7)c(OC)cc5N(C)[C@@H]3[C@](O)(C(=O)OC)[C@H](OC(C)=O)[C@@H]1[C@H]24. The molecule has 6 aliphatic rings. The molecule has 12 nitrogen and oxygen atoms in total. The minimum Gasteiger partial charge on any atom is -0.496 e. The molecule has 2 aromatic carbocycles. The number of nitrogens with zero attached hydrogens (tertiary/aromatic N) is 3. The number of benzene rings is 2. The Labute approximate surface area is 340 Å². The van der Waals surface area contributed by atoms with Crippen molar-refractivity contribution in [3.05, 3.63) is 70.4 Å². The number of fused-ring (bicyclic) bond motifs is 6. The number of H-pyrrole nitrogens is 1. The van der Waals surface area contributed by atoms with E-state index >= 15 is 4.79 Å². The van der Waals surface area contributed by atoms with Crippen molar-refractivity contribution in [2.45, 2.75) is 93.9 Å². The second-order valence-corrected chi connectivity index (χ2v) is 17.8. The molecule has 6 heterocycles. The summed E-state index contributed by atoms with van der Waals surface area (Å²) in [6, 6.07) is 11.4. The number of aromatic nitrogens is 1. The van der Waals surface area contributed by atoms with Crippen LogP contribution in [0.1, 0.15) is 75.3 Å². The highest BCUT2D eigenvalue weighted by atomic mass is 16.6. The van der Waals surface area contributed by atoms with Crippen molar-refractivity contribution in [3.8, 4) is 5.75 Å². The largest absolute Gasteiger partial charge is 0.496 e. The van der Waals surface area contributed by atoms with Gasteiger partial charge in [0.05, 0.1) is 27.4 Å². The van der Waals surface area contributed by atoms with Crippen LogP contribution in [0.15, 0.2) is 48.0 Å². The Balaban J connectivity index is 1.35. The summed E-state index contributed by atoms with van der Waals surface area (Å²) in [5.74, 6) is -1.04. The van der Waals surface area contributed by atoms with Crippen molar-refractivity contribution in [3.63, 3.8) is 0 Å². The fraction of sp³-hybridized carbons (Fsp3) is 0.587. The second-order valence-electron chi connectivity index (χ2n) is 17.8. The lowest BCUT2D eigenvalue weighted by Crippen LogP contribution is -2.78. The van der Waals surface area contributed by atoms with Crippen LogP contribution in [0.5, 0.6) is 5.75 Å². The molecule has 1 unspecified atom stereocenters. The molecule has 5 aliphatic heterocycles. The second kappa shape index (κ2) is 14.1. The number of hydrogen-bond acceptors (Lipinski definition) is 11. The van der Waals surface area contributed by atoms with Crippen molar-refractivity contribution in [2.24, 2.45) is 17.8 Å². The first-order chi connectivity index (χ1) is 27.9. The summed E-state index contributed by atoms with van der Waals surface area (Å²) >= 11 is 0. The molecule has 1 saturated carbocycles. The first-order valence-corrected chi connectivity index (χ1v) is 21.2. The highest BCUT2D eigenvalue weighted by Crippen LogP contribution is 2.65. The Morgan fingerprint density at radius 2 is 1.78 bits per heavy atom. The molecule has 12 heteroatoms. The van der Waals surface area contributed by atoms with Crippen LogP contribution >= 0.6 is 0 Å². The fourth-order valence-electron chi connectivity index (χ4n) is 13.2. The predicted octanol–water partition coefficient (Wildman–Crippen LogP) is 4.88.